The van der Waals surface area contributed by atoms with Crippen molar-refractivity contribution in [3.8, 4) is 0 Å². The predicted octanol–water partition coefficient (Wildman–Crippen LogP) is 2.63. The Morgan fingerprint density at radius 1 is 1.16 bits per heavy atom. The second-order valence-corrected chi connectivity index (χ2v) is 10.4. The number of rotatable bonds is 8. The van der Waals surface area contributed by atoms with E-state index in [0.29, 0.717) is 37.8 Å². The Morgan fingerprint density at radius 3 is 2.48 bits per heavy atom. The van der Waals surface area contributed by atoms with Gasteiger partial charge in [-0.15, -0.1) is 0 Å². The van der Waals surface area contributed by atoms with Crippen molar-refractivity contribution in [2.24, 2.45) is 0 Å². The molecule has 8 nitrogen and oxygen atoms in total. The molecule has 1 aliphatic carbocycles. The minimum Gasteiger partial charge on any atom is -0.343 e. The van der Waals surface area contributed by atoms with E-state index in [2.05, 4.69) is 15.2 Å². The standard InChI is InChI=1S/C21H28FN5O3S/c1-26(31(29,30)18-8-6-17(22)7-9-18)12-2-3-19(28)27-13-10-16(11-14-27)21-23-20(24-25-21)15-4-5-15/h6-9,15-16H,2-5,10-14H2,1H3,(H,23,24,25). The third-order valence-corrected chi connectivity index (χ3v) is 7.95. The molecule has 2 aromatic rings. The van der Waals surface area contributed by atoms with Crippen LogP contribution in [0.1, 0.15) is 62.0 Å². The van der Waals surface area contributed by atoms with Crippen LogP contribution < -0.4 is 0 Å². The average molecular weight is 450 g/mol. The van der Waals surface area contributed by atoms with E-state index in [0.717, 1.165) is 36.6 Å². The van der Waals surface area contributed by atoms with Gasteiger partial charge in [0.25, 0.3) is 0 Å². The van der Waals surface area contributed by atoms with E-state index in [1.807, 2.05) is 4.90 Å². The van der Waals surface area contributed by atoms with Gasteiger partial charge in [0.15, 0.2) is 5.82 Å². The summed E-state index contributed by atoms with van der Waals surface area (Å²) in [5, 5.41) is 7.39. The molecule has 168 valence electrons. The fraction of sp³-hybridized carbons (Fsp3) is 0.571. The van der Waals surface area contributed by atoms with Crippen molar-refractivity contribution in [1.29, 1.82) is 0 Å². The molecule has 1 saturated carbocycles. The summed E-state index contributed by atoms with van der Waals surface area (Å²) < 4.78 is 39.3. The van der Waals surface area contributed by atoms with Gasteiger partial charge in [0, 0.05) is 44.9 Å². The van der Waals surface area contributed by atoms with E-state index in [9.17, 15) is 17.6 Å². The molecule has 0 unspecified atom stereocenters. The number of halogens is 1. The quantitative estimate of drug-likeness (QED) is 0.668. The largest absolute Gasteiger partial charge is 0.343 e. The van der Waals surface area contributed by atoms with Crippen molar-refractivity contribution in [3.63, 3.8) is 0 Å². The second kappa shape index (κ2) is 9.04. The summed E-state index contributed by atoms with van der Waals surface area (Å²) in [6, 6.07) is 4.75. The molecule has 0 spiro atoms. The van der Waals surface area contributed by atoms with E-state index >= 15 is 0 Å². The van der Waals surface area contributed by atoms with E-state index in [-0.39, 0.29) is 17.3 Å². The zero-order chi connectivity index (χ0) is 22.0. The van der Waals surface area contributed by atoms with E-state index in [4.69, 9.17) is 0 Å². The highest BCUT2D eigenvalue weighted by atomic mass is 32.2. The monoisotopic (exact) mass is 449 g/mol. The lowest BCUT2D eigenvalue weighted by atomic mass is 9.96. The summed E-state index contributed by atoms with van der Waals surface area (Å²) in [6.45, 7) is 1.57. The van der Waals surface area contributed by atoms with Crippen molar-refractivity contribution in [2.75, 3.05) is 26.7 Å². The summed E-state index contributed by atoms with van der Waals surface area (Å²) >= 11 is 0. The molecule has 31 heavy (non-hydrogen) atoms. The zero-order valence-electron chi connectivity index (χ0n) is 17.6. The number of aromatic amines is 1. The van der Waals surface area contributed by atoms with Crippen molar-refractivity contribution in [3.05, 3.63) is 41.7 Å². The molecule has 0 atom stereocenters. The number of aromatic nitrogens is 3. The second-order valence-electron chi connectivity index (χ2n) is 8.39. The van der Waals surface area contributed by atoms with Crippen LogP contribution in [0.25, 0.3) is 0 Å². The van der Waals surface area contributed by atoms with Crippen LogP contribution in [-0.2, 0) is 14.8 Å². The van der Waals surface area contributed by atoms with Gasteiger partial charge in [0.05, 0.1) is 4.90 Å². The summed E-state index contributed by atoms with van der Waals surface area (Å²) in [4.78, 5) is 19.1. The molecule has 1 N–H and O–H groups in total. The minimum atomic E-state index is -3.69. The molecule has 1 aliphatic heterocycles. The smallest absolute Gasteiger partial charge is 0.242 e. The number of nitrogens with one attached hydrogen (secondary N) is 1. The number of piperidine rings is 1. The summed E-state index contributed by atoms with van der Waals surface area (Å²) in [6.07, 6.45) is 4.77. The van der Waals surface area contributed by atoms with Crippen molar-refractivity contribution in [2.45, 2.75) is 55.3 Å². The SMILES string of the molecule is CN(CCCC(=O)N1CCC(c2nc(C3CC3)n[nH]2)CC1)S(=O)(=O)c1ccc(F)cc1. The number of benzene rings is 1. The van der Waals surface area contributed by atoms with Crippen molar-refractivity contribution < 1.29 is 17.6 Å². The first-order valence-electron chi connectivity index (χ1n) is 10.8. The summed E-state index contributed by atoms with van der Waals surface area (Å²) in [5.74, 6) is 2.24. The van der Waals surface area contributed by atoms with Gasteiger partial charge in [-0.2, -0.15) is 5.10 Å². The lowest BCUT2D eigenvalue weighted by molar-refractivity contribution is -0.132. The van der Waals surface area contributed by atoms with Gasteiger partial charge in [-0.1, -0.05) is 0 Å². The number of carbonyl (C=O) groups is 1. The Balaban J connectivity index is 1.21. The number of hydrogen-bond acceptors (Lipinski definition) is 5. The highest BCUT2D eigenvalue weighted by Gasteiger charge is 2.30. The Bertz CT molecular complexity index is 1010. The highest BCUT2D eigenvalue weighted by molar-refractivity contribution is 7.89. The number of carbonyl (C=O) groups excluding carboxylic acids is 1. The molecule has 1 aromatic carbocycles. The van der Waals surface area contributed by atoms with Crippen molar-refractivity contribution in [1.82, 2.24) is 24.4 Å². The van der Waals surface area contributed by atoms with Gasteiger partial charge < -0.3 is 4.90 Å². The number of sulfonamides is 1. The number of amides is 1. The molecule has 2 aliphatic rings. The molecule has 0 radical (unpaired) electrons. The van der Waals surface area contributed by atoms with Crippen LogP contribution in [0.5, 0.6) is 0 Å². The Morgan fingerprint density at radius 2 is 1.84 bits per heavy atom. The zero-order valence-corrected chi connectivity index (χ0v) is 18.4. The Hall–Kier alpha value is -2.33. The molecule has 4 rings (SSSR count). The maximum Gasteiger partial charge on any atom is 0.242 e. The van der Waals surface area contributed by atoms with Crippen LogP contribution >= 0.6 is 0 Å². The first-order valence-corrected chi connectivity index (χ1v) is 12.2. The van der Waals surface area contributed by atoms with Crippen LogP contribution in [0.3, 0.4) is 0 Å². The topological polar surface area (TPSA) is 99.3 Å². The molecule has 1 aromatic heterocycles. The normalized spacial score (nSPS) is 18.0. The molecule has 2 heterocycles. The van der Waals surface area contributed by atoms with Gasteiger partial charge in [-0.3, -0.25) is 9.89 Å². The lowest BCUT2D eigenvalue weighted by Crippen LogP contribution is -2.38. The van der Waals surface area contributed by atoms with Gasteiger partial charge >= 0.3 is 0 Å². The van der Waals surface area contributed by atoms with E-state index in [1.165, 1.54) is 36.3 Å². The first kappa shape index (κ1) is 21.9. The lowest BCUT2D eigenvalue weighted by Gasteiger charge is -2.31. The van der Waals surface area contributed by atoms with E-state index < -0.39 is 15.8 Å². The van der Waals surface area contributed by atoms with Crippen LogP contribution in [0.4, 0.5) is 4.39 Å². The fourth-order valence-electron chi connectivity index (χ4n) is 3.91. The Labute approximate surface area is 181 Å². The molecule has 1 amide bonds. The third kappa shape index (κ3) is 5.12. The van der Waals surface area contributed by atoms with Crippen LogP contribution in [0.15, 0.2) is 29.2 Å². The van der Waals surface area contributed by atoms with Crippen LogP contribution in [0.2, 0.25) is 0 Å². The van der Waals surface area contributed by atoms with Gasteiger partial charge in [-0.05, 0) is 56.4 Å². The van der Waals surface area contributed by atoms with E-state index in [1.54, 1.807) is 0 Å². The molecule has 1 saturated heterocycles. The molecule has 0 bridgehead atoms. The first-order chi connectivity index (χ1) is 14.8. The molecule has 10 heteroatoms. The summed E-state index contributed by atoms with van der Waals surface area (Å²) in [5.41, 5.74) is 0. The highest BCUT2D eigenvalue weighted by Crippen LogP contribution is 2.38. The number of hydrogen-bond donors (Lipinski definition) is 1. The number of H-pyrrole nitrogens is 1. The van der Waals surface area contributed by atoms with Gasteiger partial charge in [-0.25, -0.2) is 22.1 Å². The van der Waals surface area contributed by atoms with Gasteiger partial charge in [0.2, 0.25) is 15.9 Å². The molecule has 2 fully saturated rings. The van der Waals surface area contributed by atoms with Gasteiger partial charge in [0.1, 0.15) is 11.6 Å². The minimum absolute atomic E-state index is 0.0436. The average Bonchev–Trinajstić information content (AvgIpc) is 3.50. The number of nitrogens with zero attached hydrogens (tertiary/aromatic N) is 4. The fourth-order valence-corrected chi connectivity index (χ4v) is 5.12. The van der Waals surface area contributed by atoms with Crippen LogP contribution in [0, 0.1) is 5.82 Å². The maximum absolute atomic E-state index is 13.0. The van der Waals surface area contributed by atoms with Crippen LogP contribution in [-0.4, -0.2) is 65.4 Å². The summed E-state index contributed by atoms with van der Waals surface area (Å²) in [7, 11) is -2.22. The third-order valence-electron chi connectivity index (χ3n) is 6.08. The van der Waals surface area contributed by atoms with Crippen molar-refractivity contribution >= 4 is 15.9 Å². The predicted molar refractivity (Wildman–Crippen MR) is 112 cm³/mol. The number of likely N-dealkylation sites (tertiary alicyclic amines) is 1. The maximum atomic E-state index is 13.0. The Kier molecular flexibility index (Phi) is 6.38. The molecular formula is C21H28FN5O3S. The molecular weight excluding hydrogens is 421 g/mol.